The molecule has 1 aromatic carbocycles. The van der Waals surface area contributed by atoms with Gasteiger partial charge < -0.3 is 15.2 Å². The fourth-order valence-electron chi connectivity index (χ4n) is 3.18. The smallest absolute Gasteiger partial charge is 0.207 e. The summed E-state index contributed by atoms with van der Waals surface area (Å²) in [6, 6.07) is 3.68. The fraction of sp³-hybridized carbons (Fsp3) is 0.353. The van der Waals surface area contributed by atoms with Crippen molar-refractivity contribution in [2.24, 2.45) is 5.73 Å². The van der Waals surface area contributed by atoms with Crippen molar-refractivity contribution in [2.45, 2.75) is 25.2 Å². The van der Waals surface area contributed by atoms with E-state index in [0.29, 0.717) is 42.3 Å². The summed E-state index contributed by atoms with van der Waals surface area (Å²) in [7, 11) is 0. The summed E-state index contributed by atoms with van der Waals surface area (Å²) < 4.78 is 42.2. The molecule has 2 aromatic heterocycles. The van der Waals surface area contributed by atoms with Crippen molar-refractivity contribution in [2.75, 3.05) is 18.0 Å². The van der Waals surface area contributed by atoms with Gasteiger partial charge in [0, 0.05) is 19.2 Å². The molecule has 1 aliphatic heterocycles. The van der Waals surface area contributed by atoms with E-state index in [1.807, 2.05) is 9.47 Å². The molecule has 2 N–H and O–H groups in total. The van der Waals surface area contributed by atoms with Crippen LogP contribution < -0.4 is 10.6 Å². The van der Waals surface area contributed by atoms with Crippen molar-refractivity contribution >= 4 is 17.0 Å². The first-order valence-corrected chi connectivity index (χ1v) is 8.28. The zero-order chi connectivity index (χ0) is 18.3. The lowest BCUT2D eigenvalue weighted by atomic mass is 10.1. The van der Waals surface area contributed by atoms with Crippen LogP contribution in [0.2, 0.25) is 0 Å². The average molecular weight is 362 g/mol. The predicted molar refractivity (Wildman–Crippen MR) is 90.5 cm³/mol. The minimum absolute atomic E-state index is 0.225. The van der Waals surface area contributed by atoms with Gasteiger partial charge in [-0.3, -0.25) is 0 Å². The third kappa shape index (κ3) is 3.10. The lowest BCUT2D eigenvalue weighted by molar-refractivity contribution is 0.243. The highest BCUT2D eigenvalue weighted by molar-refractivity contribution is 5.79. The topological polar surface area (TPSA) is 72.9 Å². The molecule has 6 nitrogen and oxygen atoms in total. The van der Waals surface area contributed by atoms with Gasteiger partial charge in [0.25, 0.3) is 0 Å². The maximum atomic E-state index is 13.7. The summed E-state index contributed by atoms with van der Waals surface area (Å²) in [5.74, 6) is 0.00949. The molecule has 0 radical (unpaired) electrons. The fourth-order valence-corrected chi connectivity index (χ4v) is 3.18. The second kappa shape index (κ2) is 6.56. The van der Waals surface area contributed by atoms with Crippen LogP contribution in [0.3, 0.4) is 0 Å². The normalized spacial score (nSPS) is 20.7. The number of anilines is 1. The van der Waals surface area contributed by atoms with Gasteiger partial charge in [0.2, 0.25) is 5.95 Å². The zero-order valence-corrected chi connectivity index (χ0v) is 13.8. The zero-order valence-electron chi connectivity index (χ0n) is 13.8. The van der Waals surface area contributed by atoms with Gasteiger partial charge in [-0.15, -0.1) is 0 Å². The van der Waals surface area contributed by atoms with E-state index in [9.17, 15) is 13.2 Å². The van der Waals surface area contributed by atoms with Gasteiger partial charge in [-0.05, 0) is 18.6 Å². The number of hydrogen-bond acceptors (Lipinski definition) is 5. The van der Waals surface area contributed by atoms with E-state index in [4.69, 9.17) is 5.73 Å². The predicted octanol–water partition coefficient (Wildman–Crippen LogP) is 2.03. The quantitative estimate of drug-likeness (QED) is 0.772. The summed E-state index contributed by atoms with van der Waals surface area (Å²) in [5.41, 5.74) is 7.02. The summed E-state index contributed by atoms with van der Waals surface area (Å²) >= 11 is 0. The molecule has 26 heavy (non-hydrogen) atoms. The van der Waals surface area contributed by atoms with Crippen LogP contribution in [0.25, 0.3) is 11.0 Å². The van der Waals surface area contributed by atoms with Crippen LogP contribution in [0.5, 0.6) is 0 Å². The lowest BCUT2D eigenvalue weighted by Gasteiger charge is -2.34. The monoisotopic (exact) mass is 362 g/mol. The van der Waals surface area contributed by atoms with Gasteiger partial charge in [-0.1, -0.05) is 0 Å². The molecule has 1 saturated heterocycles. The maximum absolute atomic E-state index is 13.7. The number of piperidine rings is 1. The highest BCUT2D eigenvalue weighted by atomic mass is 19.1. The van der Waals surface area contributed by atoms with Crippen molar-refractivity contribution in [3.63, 3.8) is 0 Å². The number of nitrogens with two attached hydrogens (primary N) is 1. The molecule has 0 spiro atoms. The standard InChI is InChI=1S/C17H17F3N6/c18-10-1-2-15-14(5-10)24-17(25-4-3-12(20)13(21)8-25)26(15)9-16-22-6-11(19)7-23-16/h1-2,5-7,12-13H,3-4,8-9,21H2/t12?,13-/m1/s1. The van der Waals surface area contributed by atoms with Gasteiger partial charge in [0.1, 0.15) is 17.8 Å². The SMILES string of the molecule is N[C@@H]1CN(c2nc3cc(F)ccc3n2Cc2ncc(F)cn2)CCC1F. The van der Waals surface area contributed by atoms with Crippen molar-refractivity contribution in [3.05, 3.63) is 48.1 Å². The van der Waals surface area contributed by atoms with Gasteiger partial charge in [0.15, 0.2) is 5.82 Å². The number of halogens is 3. The van der Waals surface area contributed by atoms with Crippen molar-refractivity contribution in [1.29, 1.82) is 0 Å². The third-order valence-corrected chi connectivity index (χ3v) is 4.52. The number of fused-ring (bicyclic) bond motifs is 1. The molecular weight excluding hydrogens is 345 g/mol. The number of benzene rings is 1. The van der Waals surface area contributed by atoms with Crippen LogP contribution in [0.15, 0.2) is 30.6 Å². The van der Waals surface area contributed by atoms with Crippen molar-refractivity contribution in [1.82, 2.24) is 19.5 Å². The summed E-state index contributed by atoms with van der Waals surface area (Å²) in [6.45, 7) is 0.977. The Balaban J connectivity index is 1.76. The maximum Gasteiger partial charge on any atom is 0.207 e. The number of rotatable bonds is 3. The van der Waals surface area contributed by atoms with Gasteiger partial charge >= 0.3 is 0 Å². The van der Waals surface area contributed by atoms with Gasteiger partial charge in [-0.25, -0.2) is 28.1 Å². The van der Waals surface area contributed by atoms with E-state index in [1.54, 1.807) is 6.07 Å². The summed E-state index contributed by atoms with van der Waals surface area (Å²) in [5, 5.41) is 0. The Morgan fingerprint density at radius 3 is 2.65 bits per heavy atom. The second-order valence-electron chi connectivity index (χ2n) is 6.36. The van der Waals surface area contributed by atoms with Crippen molar-refractivity contribution in [3.8, 4) is 0 Å². The largest absolute Gasteiger partial charge is 0.340 e. The molecule has 0 saturated carbocycles. The van der Waals surface area contributed by atoms with Crippen molar-refractivity contribution < 1.29 is 13.2 Å². The van der Waals surface area contributed by atoms with Crippen LogP contribution in [0.1, 0.15) is 12.2 Å². The molecular formula is C17H17F3N6. The Hall–Kier alpha value is -2.68. The molecule has 1 aliphatic rings. The first-order chi connectivity index (χ1) is 12.5. The molecule has 0 bridgehead atoms. The van der Waals surface area contributed by atoms with Gasteiger partial charge in [0.05, 0.1) is 36.0 Å². The molecule has 9 heteroatoms. The molecule has 4 rings (SSSR count). The first kappa shape index (κ1) is 16.8. The molecule has 0 aliphatic carbocycles. The van der Waals surface area contributed by atoms with Crippen LogP contribution in [0.4, 0.5) is 19.1 Å². The van der Waals surface area contributed by atoms with E-state index in [1.165, 1.54) is 12.1 Å². The lowest BCUT2D eigenvalue weighted by Crippen LogP contribution is -2.50. The molecule has 136 valence electrons. The molecule has 0 amide bonds. The Morgan fingerprint density at radius 2 is 1.92 bits per heavy atom. The highest BCUT2D eigenvalue weighted by Crippen LogP contribution is 2.27. The summed E-state index contributed by atoms with van der Waals surface area (Å²) in [6.07, 6.45) is 1.42. The molecule has 3 heterocycles. The minimum atomic E-state index is -1.05. The number of nitrogens with zero attached hydrogens (tertiary/aromatic N) is 5. The van der Waals surface area contributed by atoms with E-state index in [-0.39, 0.29) is 6.54 Å². The van der Waals surface area contributed by atoms with Crippen LogP contribution in [0, 0.1) is 11.6 Å². The van der Waals surface area contributed by atoms with Crippen LogP contribution in [-0.4, -0.2) is 44.8 Å². The Morgan fingerprint density at radius 1 is 1.15 bits per heavy atom. The van der Waals surface area contributed by atoms with Crippen LogP contribution >= 0.6 is 0 Å². The number of hydrogen-bond donors (Lipinski definition) is 1. The van der Waals surface area contributed by atoms with Gasteiger partial charge in [-0.2, -0.15) is 0 Å². The first-order valence-electron chi connectivity index (χ1n) is 8.28. The highest BCUT2D eigenvalue weighted by Gasteiger charge is 2.29. The number of imidazole rings is 1. The molecule has 1 unspecified atom stereocenters. The molecule has 1 fully saturated rings. The summed E-state index contributed by atoms with van der Waals surface area (Å²) in [4.78, 5) is 14.3. The van der Waals surface area contributed by atoms with E-state index >= 15 is 0 Å². The molecule has 3 aromatic rings. The Bertz CT molecular complexity index is 926. The molecule has 2 atom stereocenters. The van der Waals surface area contributed by atoms with E-state index in [2.05, 4.69) is 15.0 Å². The van der Waals surface area contributed by atoms with E-state index < -0.39 is 23.8 Å². The third-order valence-electron chi connectivity index (χ3n) is 4.52. The second-order valence-corrected chi connectivity index (χ2v) is 6.36. The van der Waals surface area contributed by atoms with Crippen LogP contribution in [-0.2, 0) is 6.54 Å². The number of alkyl halides is 1. The number of aromatic nitrogens is 4. The van der Waals surface area contributed by atoms with E-state index in [0.717, 1.165) is 12.4 Å². The average Bonchev–Trinajstić information content (AvgIpc) is 2.97. The Kier molecular flexibility index (Phi) is 4.23. The minimum Gasteiger partial charge on any atom is -0.340 e. The Labute approximate surface area is 147 Å².